The normalized spacial score (nSPS) is 11.0. The average Bonchev–Trinajstić information content (AvgIpc) is 3.01. The van der Waals surface area contributed by atoms with Crippen LogP contribution in [-0.2, 0) is 0 Å². The third-order valence-corrected chi connectivity index (χ3v) is 4.33. The number of H-pyrrole nitrogens is 1. The highest BCUT2D eigenvalue weighted by Gasteiger charge is 2.14. The van der Waals surface area contributed by atoms with Gasteiger partial charge < -0.3 is 19.8 Å². The van der Waals surface area contributed by atoms with Crippen LogP contribution < -0.4 is 14.8 Å². The third-order valence-electron chi connectivity index (χ3n) is 3.86. The lowest BCUT2D eigenvalue weighted by Gasteiger charge is -2.06. The number of ether oxygens (including phenoxy) is 2. The zero-order valence-electron chi connectivity index (χ0n) is 13.5. The van der Waals surface area contributed by atoms with Gasteiger partial charge in [-0.25, -0.2) is 15.0 Å². The van der Waals surface area contributed by atoms with Crippen LogP contribution in [0.1, 0.15) is 0 Å². The van der Waals surface area contributed by atoms with Crippen molar-refractivity contribution in [2.24, 2.45) is 0 Å². The van der Waals surface area contributed by atoms with Crippen molar-refractivity contribution in [3.8, 4) is 11.5 Å². The van der Waals surface area contributed by atoms with E-state index in [0.29, 0.717) is 23.1 Å². The number of anilines is 2. The molecule has 0 radical (unpaired) electrons. The van der Waals surface area contributed by atoms with Crippen LogP contribution in [-0.4, -0.2) is 34.2 Å². The first kappa shape index (κ1) is 15.6. The summed E-state index contributed by atoms with van der Waals surface area (Å²) in [4.78, 5) is 16.4. The van der Waals surface area contributed by atoms with E-state index in [0.717, 1.165) is 26.4 Å². The summed E-state index contributed by atoms with van der Waals surface area (Å²) in [5, 5.41) is 4.15. The third kappa shape index (κ3) is 2.74. The molecule has 3 aromatic heterocycles. The maximum atomic E-state index is 5.39. The number of nitrogens with one attached hydrogen (secondary N) is 2. The summed E-state index contributed by atoms with van der Waals surface area (Å²) in [6, 6.07) is 7.57. The largest absolute Gasteiger partial charge is 0.493 e. The molecular weight excluding hydrogens is 386 g/mol. The zero-order chi connectivity index (χ0) is 17.4. The average molecular weight is 400 g/mol. The first-order valence-electron chi connectivity index (χ1n) is 7.46. The fourth-order valence-electron chi connectivity index (χ4n) is 2.69. The van der Waals surface area contributed by atoms with E-state index in [4.69, 9.17) is 9.47 Å². The zero-order valence-corrected chi connectivity index (χ0v) is 15.1. The molecule has 0 saturated heterocycles. The van der Waals surface area contributed by atoms with Crippen LogP contribution in [0, 0.1) is 0 Å². The van der Waals surface area contributed by atoms with Gasteiger partial charge in [0, 0.05) is 22.1 Å². The molecule has 2 N–H and O–H groups in total. The van der Waals surface area contributed by atoms with E-state index in [9.17, 15) is 0 Å². The Balaban J connectivity index is 1.87. The fraction of sp³-hybridized carbons (Fsp3) is 0.118. The number of methoxy groups -OCH3 is 2. The van der Waals surface area contributed by atoms with Gasteiger partial charge in [0.15, 0.2) is 17.3 Å². The number of pyridine rings is 1. The smallest absolute Gasteiger partial charge is 0.162 e. The number of hydrogen-bond acceptors (Lipinski definition) is 6. The van der Waals surface area contributed by atoms with Gasteiger partial charge in [-0.2, -0.15) is 0 Å². The molecule has 0 fully saturated rings. The van der Waals surface area contributed by atoms with E-state index in [2.05, 4.69) is 41.2 Å². The standard InChI is InChI=1S/C17H14BrN5O2/c1-24-12-5-10-11(6-13(12)25-2)22-16-15(10)20-8-21-17(16)23-14-4-3-9(18)7-19-14/h3-8,22H,1-2H3,(H,19,20,21,23). The predicted molar refractivity (Wildman–Crippen MR) is 99.7 cm³/mol. The molecule has 0 atom stereocenters. The molecule has 4 rings (SSSR count). The molecule has 0 saturated carbocycles. The summed E-state index contributed by atoms with van der Waals surface area (Å²) in [7, 11) is 3.22. The highest BCUT2D eigenvalue weighted by atomic mass is 79.9. The molecule has 0 aliphatic rings. The number of hydrogen-bond donors (Lipinski definition) is 2. The molecule has 25 heavy (non-hydrogen) atoms. The van der Waals surface area contributed by atoms with E-state index in [1.165, 1.54) is 6.33 Å². The monoisotopic (exact) mass is 399 g/mol. The maximum absolute atomic E-state index is 5.39. The van der Waals surface area contributed by atoms with Crippen molar-refractivity contribution in [1.82, 2.24) is 19.9 Å². The van der Waals surface area contributed by atoms with Crippen molar-refractivity contribution in [1.29, 1.82) is 0 Å². The van der Waals surface area contributed by atoms with Gasteiger partial charge in [0.25, 0.3) is 0 Å². The van der Waals surface area contributed by atoms with Crippen molar-refractivity contribution in [3.05, 3.63) is 41.3 Å². The Kier molecular flexibility index (Phi) is 3.89. The molecule has 1 aromatic carbocycles. The second-order valence-corrected chi connectivity index (χ2v) is 6.23. The van der Waals surface area contributed by atoms with Crippen LogP contribution in [0.25, 0.3) is 21.9 Å². The van der Waals surface area contributed by atoms with Crippen LogP contribution in [0.5, 0.6) is 11.5 Å². The molecule has 0 aliphatic carbocycles. The second kappa shape index (κ2) is 6.21. The minimum Gasteiger partial charge on any atom is -0.493 e. The second-order valence-electron chi connectivity index (χ2n) is 5.31. The predicted octanol–water partition coefficient (Wildman–Crippen LogP) is 4.03. The van der Waals surface area contributed by atoms with Crippen molar-refractivity contribution >= 4 is 49.5 Å². The molecule has 0 unspecified atom stereocenters. The lowest BCUT2D eigenvalue weighted by molar-refractivity contribution is 0.356. The van der Waals surface area contributed by atoms with Gasteiger partial charge in [-0.15, -0.1) is 0 Å². The van der Waals surface area contributed by atoms with Crippen LogP contribution in [0.15, 0.2) is 41.3 Å². The van der Waals surface area contributed by atoms with Gasteiger partial charge in [-0.1, -0.05) is 0 Å². The van der Waals surface area contributed by atoms with Gasteiger partial charge in [0.2, 0.25) is 0 Å². The van der Waals surface area contributed by atoms with E-state index in [1.807, 2.05) is 24.3 Å². The number of benzene rings is 1. The molecule has 7 nitrogen and oxygen atoms in total. The molecular formula is C17H14BrN5O2. The Morgan fingerprint density at radius 3 is 2.56 bits per heavy atom. The Hall–Kier alpha value is -2.87. The summed E-state index contributed by atoms with van der Waals surface area (Å²) in [6.45, 7) is 0. The van der Waals surface area contributed by atoms with Crippen molar-refractivity contribution in [2.75, 3.05) is 19.5 Å². The van der Waals surface area contributed by atoms with Crippen molar-refractivity contribution in [3.63, 3.8) is 0 Å². The molecule has 0 amide bonds. The van der Waals surface area contributed by atoms with Gasteiger partial charge in [0.05, 0.1) is 19.7 Å². The number of fused-ring (bicyclic) bond motifs is 3. The number of halogens is 1. The Morgan fingerprint density at radius 1 is 1.04 bits per heavy atom. The van der Waals surface area contributed by atoms with Crippen LogP contribution in [0.4, 0.5) is 11.6 Å². The molecule has 3 heterocycles. The van der Waals surface area contributed by atoms with Gasteiger partial charge >= 0.3 is 0 Å². The Morgan fingerprint density at radius 2 is 1.84 bits per heavy atom. The molecule has 0 spiro atoms. The molecule has 4 aromatic rings. The molecule has 126 valence electrons. The van der Waals surface area contributed by atoms with E-state index >= 15 is 0 Å². The lowest BCUT2D eigenvalue weighted by Crippen LogP contribution is -1.97. The highest BCUT2D eigenvalue weighted by Crippen LogP contribution is 2.36. The molecule has 0 bridgehead atoms. The van der Waals surface area contributed by atoms with Gasteiger partial charge in [-0.05, 0) is 34.1 Å². The minimum absolute atomic E-state index is 0.647. The van der Waals surface area contributed by atoms with Crippen LogP contribution in [0.2, 0.25) is 0 Å². The lowest BCUT2D eigenvalue weighted by atomic mass is 10.2. The summed E-state index contributed by atoms with van der Waals surface area (Å²) in [6.07, 6.45) is 3.25. The topological polar surface area (TPSA) is 85.0 Å². The summed E-state index contributed by atoms with van der Waals surface area (Å²) in [5.74, 6) is 2.64. The number of rotatable bonds is 4. The van der Waals surface area contributed by atoms with E-state index in [-0.39, 0.29) is 0 Å². The van der Waals surface area contributed by atoms with Gasteiger partial charge in [-0.3, -0.25) is 0 Å². The first-order valence-corrected chi connectivity index (χ1v) is 8.26. The van der Waals surface area contributed by atoms with Crippen LogP contribution >= 0.6 is 15.9 Å². The Bertz CT molecular complexity index is 1060. The summed E-state index contributed by atoms with van der Waals surface area (Å²) >= 11 is 3.38. The summed E-state index contributed by atoms with van der Waals surface area (Å²) in [5.41, 5.74) is 2.48. The summed E-state index contributed by atoms with van der Waals surface area (Å²) < 4.78 is 11.7. The van der Waals surface area contributed by atoms with Crippen molar-refractivity contribution in [2.45, 2.75) is 0 Å². The number of aromatic amines is 1. The fourth-order valence-corrected chi connectivity index (χ4v) is 2.92. The minimum atomic E-state index is 0.647. The first-order chi connectivity index (χ1) is 12.2. The Labute approximate surface area is 151 Å². The van der Waals surface area contributed by atoms with Gasteiger partial charge in [0.1, 0.15) is 23.2 Å². The van der Waals surface area contributed by atoms with Crippen molar-refractivity contribution < 1.29 is 9.47 Å². The highest BCUT2D eigenvalue weighted by molar-refractivity contribution is 9.10. The van der Waals surface area contributed by atoms with E-state index in [1.54, 1.807) is 20.4 Å². The van der Waals surface area contributed by atoms with E-state index < -0.39 is 0 Å². The number of aromatic nitrogens is 4. The molecule has 0 aliphatic heterocycles. The maximum Gasteiger partial charge on any atom is 0.162 e. The number of nitrogens with zero attached hydrogens (tertiary/aromatic N) is 3. The van der Waals surface area contributed by atoms with Crippen LogP contribution in [0.3, 0.4) is 0 Å². The molecule has 8 heteroatoms. The SMILES string of the molecule is COc1cc2[nH]c3c(Nc4ccc(Br)cn4)ncnc3c2cc1OC. The quantitative estimate of drug-likeness (QED) is 0.538.